The number of hydroxylamine groups is 1. The van der Waals surface area contributed by atoms with Crippen LogP contribution in [-0.4, -0.2) is 40.8 Å². The summed E-state index contributed by atoms with van der Waals surface area (Å²) in [6, 6.07) is 13.1. The van der Waals surface area contributed by atoms with Crippen molar-refractivity contribution in [2.45, 2.75) is 39.2 Å². The molecule has 1 amide bonds. The van der Waals surface area contributed by atoms with Gasteiger partial charge in [-0.15, -0.1) is 0 Å². The molecule has 5 heteroatoms. The molecule has 2 aromatic carbocycles. The van der Waals surface area contributed by atoms with Gasteiger partial charge in [0.1, 0.15) is 0 Å². The zero-order chi connectivity index (χ0) is 20.8. The van der Waals surface area contributed by atoms with Crippen molar-refractivity contribution in [3.63, 3.8) is 0 Å². The third-order valence-corrected chi connectivity index (χ3v) is 5.75. The van der Waals surface area contributed by atoms with Gasteiger partial charge in [-0.2, -0.15) is 0 Å². The van der Waals surface area contributed by atoms with Gasteiger partial charge < -0.3 is 5.11 Å². The molecule has 1 unspecified atom stereocenters. The van der Waals surface area contributed by atoms with Gasteiger partial charge in [0.05, 0.1) is 6.61 Å². The van der Waals surface area contributed by atoms with Gasteiger partial charge >= 0.3 is 0 Å². The highest BCUT2D eigenvalue weighted by molar-refractivity contribution is 5.90. The summed E-state index contributed by atoms with van der Waals surface area (Å²) in [7, 11) is 0. The highest BCUT2D eigenvalue weighted by atomic mass is 16.5. The Kier molecular flexibility index (Phi) is 7.20. The van der Waals surface area contributed by atoms with Crippen LogP contribution in [0.25, 0.3) is 6.08 Å². The van der Waals surface area contributed by atoms with Gasteiger partial charge in [0, 0.05) is 25.2 Å². The van der Waals surface area contributed by atoms with Crippen LogP contribution in [0.2, 0.25) is 0 Å². The first kappa shape index (κ1) is 21.2. The molecule has 3 rings (SSSR count). The largest absolute Gasteiger partial charge is 0.395 e. The summed E-state index contributed by atoms with van der Waals surface area (Å²) in [5, 5.41) is 18.2. The molecule has 3 N–H and O–H groups in total. The van der Waals surface area contributed by atoms with E-state index in [0.717, 1.165) is 31.4 Å². The van der Waals surface area contributed by atoms with Crippen molar-refractivity contribution in [2.75, 3.05) is 19.7 Å². The fourth-order valence-electron chi connectivity index (χ4n) is 4.19. The molecule has 0 bridgehead atoms. The second-order valence-corrected chi connectivity index (χ2v) is 7.76. The van der Waals surface area contributed by atoms with Crippen LogP contribution in [-0.2, 0) is 17.6 Å². The summed E-state index contributed by atoms with van der Waals surface area (Å²) in [5.74, 6) is -0.538. The van der Waals surface area contributed by atoms with Crippen LogP contribution in [0.1, 0.15) is 45.8 Å². The molecular formula is C24H30N2O3. The number of fused-ring (bicyclic) bond motifs is 1. The fourth-order valence-corrected chi connectivity index (χ4v) is 4.19. The number of amides is 1. The Bertz CT molecular complexity index is 892. The first-order chi connectivity index (χ1) is 14.0. The molecule has 0 spiro atoms. The lowest BCUT2D eigenvalue weighted by Gasteiger charge is -2.29. The molecular weight excluding hydrogens is 364 g/mol. The van der Waals surface area contributed by atoms with E-state index in [9.17, 15) is 9.90 Å². The summed E-state index contributed by atoms with van der Waals surface area (Å²) in [5.41, 5.74) is 9.10. The quantitative estimate of drug-likeness (QED) is 0.365. The highest BCUT2D eigenvalue weighted by Crippen LogP contribution is 2.36. The molecule has 0 radical (unpaired) electrons. The predicted octanol–water partition coefficient (Wildman–Crippen LogP) is 3.35. The van der Waals surface area contributed by atoms with Crippen LogP contribution in [0.5, 0.6) is 0 Å². The van der Waals surface area contributed by atoms with Gasteiger partial charge in [-0.1, -0.05) is 42.0 Å². The lowest BCUT2D eigenvalue weighted by Crippen LogP contribution is -2.32. The lowest BCUT2D eigenvalue weighted by atomic mass is 10.0. The highest BCUT2D eigenvalue weighted by Gasteiger charge is 2.27. The summed E-state index contributed by atoms with van der Waals surface area (Å²) >= 11 is 0. The number of carbonyl (C=O) groups excluding carboxylic acids is 1. The number of rotatable bonds is 8. The fraction of sp³-hybridized carbons (Fsp3) is 0.375. The van der Waals surface area contributed by atoms with E-state index in [2.05, 4.69) is 49.1 Å². The molecule has 5 nitrogen and oxygen atoms in total. The molecule has 0 aromatic heterocycles. The monoisotopic (exact) mass is 394 g/mol. The smallest absolute Gasteiger partial charge is 0.267 e. The van der Waals surface area contributed by atoms with Crippen molar-refractivity contribution in [1.29, 1.82) is 0 Å². The number of aliphatic hydroxyl groups is 1. The topological polar surface area (TPSA) is 72.8 Å². The van der Waals surface area contributed by atoms with Crippen molar-refractivity contribution < 1.29 is 15.1 Å². The second-order valence-electron chi connectivity index (χ2n) is 7.76. The van der Waals surface area contributed by atoms with Crippen molar-refractivity contribution in [3.8, 4) is 0 Å². The van der Waals surface area contributed by atoms with Crippen LogP contribution < -0.4 is 5.48 Å². The van der Waals surface area contributed by atoms with E-state index in [0.29, 0.717) is 12.6 Å². The SMILES string of the molecule is Cc1ccc(C)c(CCN(CCO)C2CCc3cc(C=CC(=O)NO)ccc32)c1. The summed E-state index contributed by atoms with van der Waals surface area (Å²) in [4.78, 5) is 13.6. The third-order valence-electron chi connectivity index (χ3n) is 5.75. The Morgan fingerprint density at radius 3 is 2.79 bits per heavy atom. The number of hydrogen-bond donors (Lipinski definition) is 3. The molecule has 0 saturated heterocycles. The normalized spacial score (nSPS) is 15.8. The van der Waals surface area contributed by atoms with E-state index in [-0.39, 0.29) is 6.61 Å². The Labute approximate surface area is 172 Å². The molecule has 154 valence electrons. The van der Waals surface area contributed by atoms with Crippen molar-refractivity contribution in [1.82, 2.24) is 10.4 Å². The molecule has 2 aromatic rings. The molecule has 1 atom stereocenters. The number of aryl methyl sites for hydroxylation is 3. The minimum absolute atomic E-state index is 0.149. The molecule has 0 saturated carbocycles. The van der Waals surface area contributed by atoms with E-state index in [1.54, 1.807) is 11.6 Å². The summed E-state index contributed by atoms with van der Waals surface area (Å²) < 4.78 is 0. The molecule has 29 heavy (non-hydrogen) atoms. The van der Waals surface area contributed by atoms with Crippen LogP contribution >= 0.6 is 0 Å². The number of nitrogens with one attached hydrogen (secondary N) is 1. The maximum absolute atomic E-state index is 11.2. The van der Waals surface area contributed by atoms with Crippen LogP contribution in [0.15, 0.2) is 42.5 Å². The molecule has 1 aliphatic rings. The van der Waals surface area contributed by atoms with Gasteiger partial charge in [-0.3, -0.25) is 14.9 Å². The standard InChI is InChI=1S/C24H30N2O3/c1-17-3-4-18(2)20(15-17)11-12-26(13-14-27)23-9-7-21-16-19(5-8-22(21)23)6-10-24(28)25-29/h3-6,8,10,15-16,23,27,29H,7,9,11-14H2,1-2H3,(H,25,28). The van der Waals surface area contributed by atoms with Gasteiger partial charge in [0.2, 0.25) is 0 Å². The predicted molar refractivity (Wildman–Crippen MR) is 115 cm³/mol. The Morgan fingerprint density at radius 1 is 1.21 bits per heavy atom. The number of nitrogens with zero attached hydrogens (tertiary/aromatic N) is 1. The number of benzene rings is 2. The number of aliphatic hydroxyl groups excluding tert-OH is 1. The van der Waals surface area contributed by atoms with E-state index >= 15 is 0 Å². The van der Waals surface area contributed by atoms with E-state index in [4.69, 9.17) is 5.21 Å². The minimum atomic E-state index is -0.538. The Balaban J connectivity index is 1.74. The molecule has 0 fully saturated rings. The van der Waals surface area contributed by atoms with E-state index in [1.165, 1.54) is 33.9 Å². The van der Waals surface area contributed by atoms with Crippen molar-refractivity contribution >= 4 is 12.0 Å². The first-order valence-corrected chi connectivity index (χ1v) is 10.2. The van der Waals surface area contributed by atoms with Gasteiger partial charge in [-0.25, -0.2) is 5.48 Å². The Hall–Kier alpha value is -2.47. The number of hydrogen-bond acceptors (Lipinski definition) is 4. The Morgan fingerprint density at radius 2 is 2.03 bits per heavy atom. The lowest BCUT2D eigenvalue weighted by molar-refractivity contribution is -0.124. The minimum Gasteiger partial charge on any atom is -0.395 e. The molecule has 0 heterocycles. The second kappa shape index (κ2) is 9.83. The van der Waals surface area contributed by atoms with Crippen LogP contribution in [0.4, 0.5) is 0 Å². The van der Waals surface area contributed by atoms with Crippen molar-refractivity contribution in [3.05, 3.63) is 75.9 Å². The van der Waals surface area contributed by atoms with Crippen LogP contribution in [0, 0.1) is 13.8 Å². The number of carbonyl (C=O) groups is 1. The average molecular weight is 395 g/mol. The van der Waals surface area contributed by atoms with Crippen molar-refractivity contribution in [2.24, 2.45) is 0 Å². The molecule has 0 aliphatic heterocycles. The van der Waals surface area contributed by atoms with Gasteiger partial charge in [0.25, 0.3) is 5.91 Å². The zero-order valence-electron chi connectivity index (χ0n) is 17.2. The first-order valence-electron chi connectivity index (χ1n) is 10.2. The summed E-state index contributed by atoms with van der Waals surface area (Å²) in [6.45, 7) is 6.00. The van der Waals surface area contributed by atoms with E-state index < -0.39 is 5.91 Å². The molecule has 1 aliphatic carbocycles. The maximum atomic E-state index is 11.2. The summed E-state index contributed by atoms with van der Waals surface area (Å²) in [6.07, 6.45) is 6.00. The van der Waals surface area contributed by atoms with E-state index in [1.807, 2.05) is 6.07 Å². The average Bonchev–Trinajstić information content (AvgIpc) is 3.14. The third kappa shape index (κ3) is 5.32. The van der Waals surface area contributed by atoms with Gasteiger partial charge in [0.15, 0.2) is 0 Å². The zero-order valence-corrected chi connectivity index (χ0v) is 17.2. The van der Waals surface area contributed by atoms with Gasteiger partial charge in [-0.05, 0) is 67.0 Å². The maximum Gasteiger partial charge on any atom is 0.267 e. The van der Waals surface area contributed by atoms with Crippen LogP contribution in [0.3, 0.4) is 0 Å².